The Kier molecular flexibility index (Phi) is 4.11. The number of carboxylic acids is 1. The number of carbonyl (C=O) groups excluding carboxylic acids is 1. The number of amides is 1. The molecule has 2 aliphatic heterocycles. The number of benzene rings is 1. The van der Waals surface area contributed by atoms with Crippen LogP contribution in [0.4, 0.5) is 0 Å². The molecule has 0 bridgehead atoms. The third-order valence-electron chi connectivity index (χ3n) is 4.30. The van der Waals surface area contributed by atoms with E-state index in [9.17, 15) is 18.0 Å². The van der Waals surface area contributed by atoms with E-state index in [-0.39, 0.29) is 23.3 Å². The van der Waals surface area contributed by atoms with Gasteiger partial charge in [0.05, 0.1) is 17.4 Å². The summed E-state index contributed by atoms with van der Waals surface area (Å²) in [5.74, 6) is -0.855. The maximum absolute atomic E-state index is 12.5. The molecule has 1 N–H and O–H groups in total. The normalized spacial score (nSPS) is 19.8. The van der Waals surface area contributed by atoms with Gasteiger partial charge >= 0.3 is 5.97 Å². The number of likely N-dealkylation sites (tertiary alicyclic amines) is 1. The van der Waals surface area contributed by atoms with E-state index in [0.717, 1.165) is 6.42 Å². The first-order chi connectivity index (χ1) is 10.9. The van der Waals surface area contributed by atoms with E-state index < -0.39 is 16.0 Å². The number of sulfonamides is 1. The van der Waals surface area contributed by atoms with Crippen LogP contribution in [-0.2, 0) is 26.0 Å². The average molecular weight is 338 g/mol. The zero-order valence-corrected chi connectivity index (χ0v) is 13.3. The number of nitrogens with zero attached hydrogens (tertiary/aromatic N) is 2. The van der Waals surface area contributed by atoms with E-state index >= 15 is 0 Å². The number of hydrogen-bond donors (Lipinski definition) is 1. The van der Waals surface area contributed by atoms with Crippen LogP contribution in [0.5, 0.6) is 0 Å². The zero-order chi connectivity index (χ0) is 16.6. The van der Waals surface area contributed by atoms with E-state index in [4.69, 9.17) is 5.11 Å². The fraction of sp³-hybridized carbons (Fsp3) is 0.467. The summed E-state index contributed by atoms with van der Waals surface area (Å²) >= 11 is 0. The number of hydrogen-bond acceptors (Lipinski definition) is 4. The Labute approximate surface area is 134 Å². The summed E-state index contributed by atoms with van der Waals surface area (Å²) in [5.41, 5.74) is 0.556. The highest BCUT2D eigenvalue weighted by atomic mass is 32.2. The van der Waals surface area contributed by atoms with Gasteiger partial charge in [-0.1, -0.05) is 12.1 Å². The SMILES string of the molecule is O=C(O)Cc1ccc(S(=O)(=O)N2CC(N3CCCC3=O)C2)cc1. The number of aliphatic carboxylic acids is 1. The van der Waals surface area contributed by atoms with Gasteiger partial charge in [0.2, 0.25) is 15.9 Å². The van der Waals surface area contributed by atoms with Gasteiger partial charge in [-0.05, 0) is 24.1 Å². The third kappa shape index (κ3) is 3.09. The molecule has 7 nitrogen and oxygen atoms in total. The molecule has 0 atom stereocenters. The van der Waals surface area contributed by atoms with Crippen LogP contribution in [0, 0.1) is 0 Å². The van der Waals surface area contributed by atoms with Crippen molar-refractivity contribution in [2.45, 2.75) is 30.2 Å². The van der Waals surface area contributed by atoms with Gasteiger partial charge in [0.1, 0.15) is 0 Å². The topological polar surface area (TPSA) is 95.0 Å². The highest BCUT2D eigenvalue weighted by Crippen LogP contribution is 2.27. The minimum Gasteiger partial charge on any atom is -0.481 e. The highest BCUT2D eigenvalue weighted by Gasteiger charge is 2.42. The summed E-state index contributed by atoms with van der Waals surface area (Å²) in [6.07, 6.45) is 1.25. The van der Waals surface area contributed by atoms with E-state index in [1.54, 1.807) is 4.90 Å². The molecule has 2 heterocycles. The Balaban J connectivity index is 1.66. The van der Waals surface area contributed by atoms with Crippen LogP contribution in [0.3, 0.4) is 0 Å². The quantitative estimate of drug-likeness (QED) is 0.834. The zero-order valence-electron chi connectivity index (χ0n) is 12.5. The summed E-state index contributed by atoms with van der Waals surface area (Å²) < 4.78 is 26.3. The molecule has 2 fully saturated rings. The van der Waals surface area contributed by atoms with Gasteiger partial charge in [-0.25, -0.2) is 8.42 Å². The maximum atomic E-state index is 12.5. The van der Waals surface area contributed by atoms with Crippen LogP contribution in [0.1, 0.15) is 18.4 Å². The fourth-order valence-corrected chi connectivity index (χ4v) is 4.48. The Hall–Kier alpha value is -1.93. The summed E-state index contributed by atoms with van der Waals surface area (Å²) in [6.45, 7) is 1.36. The number of carboxylic acid groups (broad SMARTS) is 1. The molecule has 0 unspecified atom stereocenters. The van der Waals surface area contributed by atoms with E-state index in [1.807, 2.05) is 0 Å². The first kappa shape index (κ1) is 15.9. The van der Waals surface area contributed by atoms with Crippen LogP contribution >= 0.6 is 0 Å². The van der Waals surface area contributed by atoms with Gasteiger partial charge in [-0.15, -0.1) is 0 Å². The Morgan fingerprint density at radius 3 is 2.39 bits per heavy atom. The molecule has 0 aromatic heterocycles. The third-order valence-corrected chi connectivity index (χ3v) is 6.14. The van der Waals surface area contributed by atoms with Crippen molar-refractivity contribution in [2.24, 2.45) is 0 Å². The van der Waals surface area contributed by atoms with Crippen molar-refractivity contribution in [1.82, 2.24) is 9.21 Å². The molecule has 0 spiro atoms. The van der Waals surface area contributed by atoms with Gasteiger partial charge in [-0.2, -0.15) is 4.31 Å². The lowest BCUT2D eigenvalue weighted by molar-refractivity contribution is -0.136. The highest BCUT2D eigenvalue weighted by molar-refractivity contribution is 7.89. The van der Waals surface area contributed by atoms with Crippen molar-refractivity contribution in [3.63, 3.8) is 0 Å². The van der Waals surface area contributed by atoms with Gasteiger partial charge in [0, 0.05) is 26.1 Å². The molecule has 23 heavy (non-hydrogen) atoms. The molecule has 2 aliphatic rings. The van der Waals surface area contributed by atoms with Gasteiger partial charge in [0.25, 0.3) is 0 Å². The molecule has 1 aromatic rings. The van der Waals surface area contributed by atoms with Crippen molar-refractivity contribution < 1.29 is 23.1 Å². The van der Waals surface area contributed by atoms with Crippen molar-refractivity contribution in [3.05, 3.63) is 29.8 Å². The minimum atomic E-state index is -3.58. The van der Waals surface area contributed by atoms with Crippen molar-refractivity contribution >= 4 is 21.9 Å². The van der Waals surface area contributed by atoms with E-state index in [1.165, 1.54) is 28.6 Å². The molecule has 124 valence electrons. The van der Waals surface area contributed by atoms with Gasteiger partial charge < -0.3 is 10.0 Å². The van der Waals surface area contributed by atoms with Crippen molar-refractivity contribution in [2.75, 3.05) is 19.6 Å². The maximum Gasteiger partial charge on any atom is 0.307 e. The number of carbonyl (C=O) groups is 2. The standard InChI is InChI=1S/C15H18N2O5S/c18-14-2-1-7-17(14)12-9-16(10-12)23(21,22)13-5-3-11(4-6-13)8-15(19)20/h3-6,12H,1-2,7-10H2,(H,19,20). The predicted molar refractivity (Wildman–Crippen MR) is 81.3 cm³/mol. The molecule has 1 aromatic carbocycles. The first-order valence-electron chi connectivity index (χ1n) is 7.48. The van der Waals surface area contributed by atoms with Gasteiger partial charge in [0.15, 0.2) is 0 Å². The summed E-state index contributed by atoms with van der Waals surface area (Å²) in [5, 5.41) is 8.73. The summed E-state index contributed by atoms with van der Waals surface area (Å²) in [4.78, 5) is 24.2. The smallest absolute Gasteiger partial charge is 0.307 e. The van der Waals surface area contributed by atoms with Crippen LogP contribution in [0.25, 0.3) is 0 Å². The summed E-state index contributed by atoms with van der Waals surface area (Å²) in [7, 11) is -3.58. The van der Waals surface area contributed by atoms with E-state index in [2.05, 4.69) is 0 Å². The number of rotatable bonds is 5. The van der Waals surface area contributed by atoms with Crippen LogP contribution in [0.15, 0.2) is 29.2 Å². The van der Waals surface area contributed by atoms with Gasteiger partial charge in [-0.3, -0.25) is 9.59 Å². The lowest BCUT2D eigenvalue weighted by Crippen LogP contribution is -2.61. The molecule has 1 amide bonds. The second-order valence-electron chi connectivity index (χ2n) is 5.88. The molecular weight excluding hydrogens is 320 g/mol. The Bertz CT molecular complexity index is 723. The lowest BCUT2D eigenvalue weighted by Gasteiger charge is -2.42. The molecular formula is C15H18N2O5S. The largest absolute Gasteiger partial charge is 0.481 e. The van der Waals surface area contributed by atoms with Crippen molar-refractivity contribution in [1.29, 1.82) is 0 Å². The second kappa shape index (κ2) is 5.93. The molecule has 3 rings (SSSR count). The molecule has 2 saturated heterocycles. The predicted octanol–water partition coefficient (Wildman–Crippen LogP) is 0.309. The van der Waals surface area contributed by atoms with E-state index in [0.29, 0.717) is 31.6 Å². The van der Waals surface area contributed by atoms with Crippen LogP contribution in [0.2, 0.25) is 0 Å². The first-order valence-corrected chi connectivity index (χ1v) is 8.92. The van der Waals surface area contributed by atoms with Crippen LogP contribution < -0.4 is 0 Å². The summed E-state index contributed by atoms with van der Waals surface area (Å²) in [6, 6.07) is 5.88. The van der Waals surface area contributed by atoms with Crippen LogP contribution in [-0.4, -0.2) is 60.3 Å². The fourth-order valence-electron chi connectivity index (χ4n) is 2.97. The molecule has 8 heteroatoms. The Morgan fingerprint density at radius 2 is 1.87 bits per heavy atom. The molecule has 0 aliphatic carbocycles. The monoisotopic (exact) mass is 338 g/mol. The second-order valence-corrected chi connectivity index (χ2v) is 7.82. The Morgan fingerprint density at radius 1 is 1.22 bits per heavy atom. The average Bonchev–Trinajstić information content (AvgIpc) is 2.83. The lowest BCUT2D eigenvalue weighted by atomic mass is 10.1. The minimum absolute atomic E-state index is 0.0222. The molecule has 0 saturated carbocycles. The molecule has 0 radical (unpaired) electrons. The van der Waals surface area contributed by atoms with Crippen molar-refractivity contribution in [3.8, 4) is 0 Å².